The second-order valence-electron chi connectivity index (χ2n) is 5.51. The highest BCUT2D eigenvalue weighted by Gasteiger charge is 2.30. The van der Waals surface area contributed by atoms with Crippen LogP contribution in [0.2, 0.25) is 0 Å². The zero-order chi connectivity index (χ0) is 14.4. The molecule has 0 spiro atoms. The van der Waals surface area contributed by atoms with E-state index in [1.54, 1.807) is 11.8 Å². The van der Waals surface area contributed by atoms with Crippen LogP contribution in [0.1, 0.15) is 40.0 Å². The molecule has 0 aromatic carbocycles. The molecule has 1 saturated heterocycles. The molecule has 2 amide bonds. The Labute approximate surface area is 115 Å². The van der Waals surface area contributed by atoms with Gasteiger partial charge in [-0.25, -0.2) is 0 Å². The Hall–Kier alpha value is -1.10. The fraction of sp³-hybridized carbons (Fsp3) is 0.857. The molecule has 1 aliphatic rings. The minimum atomic E-state index is -0.0845. The number of rotatable bonds is 5. The van der Waals surface area contributed by atoms with Crippen LogP contribution in [0.15, 0.2) is 0 Å². The largest absolute Gasteiger partial charge is 0.396 e. The Kier molecular flexibility index (Phi) is 6.28. The van der Waals surface area contributed by atoms with Crippen molar-refractivity contribution in [1.82, 2.24) is 9.80 Å². The van der Waals surface area contributed by atoms with Gasteiger partial charge in [0.1, 0.15) is 0 Å². The van der Waals surface area contributed by atoms with Crippen molar-refractivity contribution in [3.05, 3.63) is 0 Å². The molecule has 110 valence electrons. The molecule has 1 N–H and O–H groups in total. The highest BCUT2D eigenvalue weighted by molar-refractivity contribution is 5.81. The highest BCUT2D eigenvalue weighted by Crippen LogP contribution is 2.20. The second kappa shape index (κ2) is 7.48. The zero-order valence-electron chi connectivity index (χ0n) is 12.3. The number of aliphatic hydroxyl groups is 1. The Bertz CT molecular complexity index is 318. The van der Waals surface area contributed by atoms with Crippen LogP contribution >= 0.6 is 0 Å². The fourth-order valence-corrected chi connectivity index (χ4v) is 2.56. The maximum Gasteiger partial charge on any atom is 0.227 e. The zero-order valence-corrected chi connectivity index (χ0v) is 12.3. The van der Waals surface area contributed by atoms with Crippen LogP contribution in [0.4, 0.5) is 0 Å². The smallest absolute Gasteiger partial charge is 0.227 e. The first-order chi connectivity index (χ1) is 8.97. The molecule has 0 bridgehead atoms. The van der Waals surface area contributed by atoms with E-state index in [9.17, 15) is 9.59 Å². The van der Waals surface area contributed by atoms with E-state index >= 15 is 0 Å². The van der Waals surface area contributed by atoms with Gasteiger partial charge in [-0.2, -0.15) is 0 Å². The molecule has 1 atom stereocenters. The third-order valence-electron chi connectivity index (χ3n) is 3.68. The lowest BCUT2D eigenvalue weighted by Gasteiger charge is -2.36. The SMILES string of the molecule is CC(=O)N1CCCC(C(=O)N(CCCO)C(C)C)C1. The normalized spacial score (nSPS) is 19.6. The Balaban J connectivity index is 2.65. The number of amides is 2. The van der Waals surface area contributed by atoms with E-state index in [4.69, 9.17) is 5.11 Å². The minimum Gasteiger partial charge on any atom is -0.396 e. The number of carbonyl (C=O) groups excluding carboxylic acids is 2. The topological polar surface area (TPSA) is 60.9 Å². The summed E-state index contributed by atoms with van der Waals surface area (Å²) in [5, 5.41) is 8.91. The van der Waals surface area contributed by atoms with Crippen LogP contribution in [0.25, 0.3) is 0 Å². The molecule has 19 heavy (non-hydrogen) atoms. The van der Waals surface area contributed by atoms with Crippen LogP contribution < -0.4 is 0 Å². The lowest BCUT2D eigenvalue weighted by atomic mass is 9.96. The minimum absolute atomic E-state index is 0.0453. The van der Waals surface area contributed by atoms with Gasteiger partial charge >= 0.3 is 0 Å². The second-order valence-corrected chi connectivity index (χ2v) is 5.51. The number of aliphatic hydroxyl groups excluding tert-OH is 1. The molecule has 0 radical (unpaired) electrons. The summed E-state index contributed by atoms with van der Waals surface area (Å²) in [4.78, 5) is 27.5. The van der Waals surface area contributed by atoms with Crippen molar-refractivity contribution in [3.63, 3.8) is 0 Å². The third kappa shape index (κ3) is 4.49. The molecule has 1 rings (SSSR count). The van der Waals surface area contributed by atoms with Crippen LogP contribution in [0.3, 0.4) is 0 Å². The molecule has 5 nitrogen and oxygen atoms in total. The Morgan fingerprint density at radius 2 is 2.11 bits per heavy atom. The number of hydrogen-bond acceptors (Lipinski definition) is 3. The number of piperidine rings is 1. The number of carbonyl (C=O) groups is 2. The molecule has 0 aromatic rings. The van der Waals surface area contributed by atoms with E-state index in [2.05, 4.69) is 0 Å². The van der Waals surface area contributed by atoms with Gasteiger partial charge in [-0.3, -0.25) is 9.59 Å². The predicted molar refractivity (Wildman–Crippen MR) is 73.5 cm³/mol. The highest BCUT2D eigenvalue weighted by atomic mass is 16.3. The van der Waals surface area contributed by atoms with Gasteiger partial charge in [0, 0.05) is 39.2 Å². The lowest BCUT2D eigenvalue weighted by Crippen LogP contribution is -2.48. The first kappa shape index (κ1) is 16.0. The number of hydrogen-bond donors (Lipinski definition) is 1. The molecule has 0 saturated carbocycles. The molecule has 0 aromatic heterocycles. The summed E-state index contributed by atoms with van der Waals surface area (Å²) in [6, 6.07) is 0.131. The van der Waals surface area contributed by atoms with Gasteiger partial charge in [0.15, 0.2) is 0 Å². The van der Waals surface area contributed by atoms with Gasteiger partial charge in [-0.15, -0.1) is 0 Å². The van der Waals surface area contributed by atoms with Gasteiger partial charge in [0.25, 0.3) is 0 Å². The summed E-state index contributed by atoms with van der Waals surface area (Å²) in [5.41, 5.74) is 0. The average molecular weight is 270 g/mol. The first-order valence-electron chi connectivity index (χ1n) is 7.14. The van der Waals surface area contributed by atoms with E-state index in [1.807, 2.05) is 18.7 Å². The molecular weight excluding hydrogens is 244 g/mol. The van der Waals surface area contributed by atoms with E-state index in [1.165, 1.54) is 0 Å². The number of likely N-dealkylation sites (tertiary alicyclic amines) is 1. The molecule has 1 aliphatic heterocycles. The van der Waals surface area contributed by atoms with Crippen molar-refractivity contribution < 1.29 is 14.7 Å². The maximum absolute atomic E-state index is 12.5. The summed E-state index contributed by atoms with van der Waals surface area (Å²) in [6.45, 7) is 7.51. The van der Waals surface area contributed by atoms with Gasteiger partial charge in [0.2, 0.25) is 11.8 Å². The van der Waals surface area contributed by atoms with Gasteiger partial charge in [-0.05, 0) is 33.1 Å². The van der Waals surface area contributed by atoms with Gasteiger partial charge < -0.3 is 14.9 Å². The van der Waals surface area contributed by atoms with E-state index < -0.39 is 0 Å². The number of nitrogens with zero attached hydrogens (tertiary/aromatic N) is 2. The summed E-state index contributed by atoms with van der Waals surface area (Å²) in [5.74, 6) is 0.0806. The molecular formula is C14H26N2O3. The maximum atomic E-state index is 12.5. The van der Waals surface area contributed by atoms with Crippen LogP contribution in [0, 0.1) is 5.92 Å². The monoisotopic (exact) mass is 270 g/mol. The van der Waals surface area contributed by atoms with E-state index in [0.29, 0.717) is 19.5 Å². The molecule has 0 aliphatic carbocycles. The Morgan fingerprint density at radius 1 is 1.42 bits per heavy atom. The van der Waals surface area contributed by atoms with Crippen molar-refractivity contribution in [2.24, 2.45) is 5.92 Å². The summed E-state index contributed by atoms with van der Waals surface area (Å²) < 4.78 is 0. The molecule has 1 heterocycles. The average Bonchev–Trinajstić information content (AvgIpc) is 2.38. The predicted octanol–water partition coefficient (Wildman–Crippen LogP) is 0.864. The summed E-state index contributed by atoms with van der Waals surface area (Å²) in [6.07, 6.45) is 2.35. The van der Waals surface area contributed by atoms with Gasteiger partial charge in [0.05, 0.1) is 5.92 Å². The van der Waals surface area contributed by atoms with Crippen molar-refractivity contribution in [1.29, 1.82) is 0 Å². The van der Waals surface area contributed by atoms with E-state index in [-0.39, 0.29) is 30.4 Å². The molecule has 5 heteroatoms. The summed E-state index contributed by atoms with van der Waals surface area (Å²) in [7, 11) is 0. The molecule has 1 fully saturated rings. The standard InChI is InChI=1S/C14H26N2O3/c1-11(2)16(8-5-9-17)14(19)13-6-4-7-15(10-13)12(3)18/h11,13,17H,4-10H2,1-3H3. The van der Waals surface area contributed by atoms with Crippen LogP contribution in [-0.2, 0) is 9.59 Å². The summed E-state index contributed by atoms with van der Waals surface area (Å²) >= 11 is 0. The van der Waals surface area contributed by atoms with Crippen molar-refractivity contribution >= 4 is 11.8 Å². The fourth-order valence-electron chi connectivity index (χ4n) is 2.56. The third-order valence-corrected chi connectivity index (χ3v) is 3.68. The van der Waals surface area contributed by atoms with Crippen LogP contribution in [0.5, 0.6) is 0 Å². The lowest BCUT2D eigenvalue weighted by molar-refractivity contribution is -0.141. The molecule has 1 unspecified atom stereocenters. The van der Waals surface area contributed by atoms with Crippen molar-refractivity contribution in [2.75, 3.05) is 26.2 Å². The first-order valence-corrected chi connectivity index (χ1v) is 7.14. The van der Waals surface area contributed by atoms with Crippen molar-refractivity contribution in [2.45, 2.75) is 46.1 Å². The van der Waals surface area contributed by atoms with Crippen LogP contribution in [-0.4, -0.2) is 59.0 Å². The van der Waals surface area contributed by atoms with E-state index in [0.717, 1.165) is 19.4 Å². The van der Waals surface area contributed by atoms with Gasteiger partial charge in [-0.1, -0.05) is 0 Å². The quantitative estimate of drug-likeness (QED) is 0.806. The Morgan fingerprint density at radius 3 is 2.63 bits per heavy atom. The van der Waals surface area contributed by atoms with Crippen molar-refractivity contribution in [3.8, 4) is 0 Å².